The summed E-state index contributed by atoms with van der Waals surface area (Å²) in [5.41, 5.74) is 1.34. The fourth-order valence-corrected chi connectivity index (χ4v) is 3.99. The smallest absolute Gasteiger partial charge is 0.242 e. The number of nitrogens with zero attached hydrogens (tertiary/aromatic N) is 2. The average molecular weight is 342 g/mol. The molecule has 6 nitrogen and oxygen atoms in total. The molecule has 0 N–H and O–H groups in total. The number of rotatable bonds is 6. The van der Waals surface area contributed by atoms with Gasteiger partial charge < -0.3 is 4.52 Å². The number of hydrogen-bond acceptors (Lipinski definition) is 5. The van der Waals surface area contributed by atoms with Crippen molar-refractivity contribution in [1.82, 2.24) is 9.46 Å². The van der Waals surface area contributed by atoms with Crippen LogP contribution in [0.4, 0.5) is 0 Å². The van der Waals surface area contributed by atoms with Gasteiger partial charge in [0.1, 0.15) is 5.76 Å². The third-order valence-corrected chi connectivity index (χ3v) is 6.07. The molecule has 1 aromatic heterocycles. The summed E-state index contributed by atoms with van der Waals surface area (Å²) >= 11 is 0. The second-order valence-corrected chi connectivity index (χ2v) is 8.70. The highest BCUT2D eigenvalue weighted by atomic mass is 32.2. The molecule has 22 heavy (non-hydrogen) atoms. The van der Waals surface area contributed by atoms with E-state index in [1.165, 1.54) is 20.2 Å². The van der Waals surface area contributed by atoms with Gasteiger partial charge in [-0.15, -0.1) is 0 Å². The molecule has 0 spiro atoms. The zero-order chi connectivity index (χ0) is 16.3. The molecular formula is C14H18N2O4S2. The minimum atomic E-state index is -3.48. The topological polar surface area (TPSA) is 80.5 Å². The molecule has 2 aromatic rings. The minimum absolute atomic E-state index is 0.198. The van der Waals surface area contributed by atoms with Crippen molar-refractivity contribution >= 4 is 20.8 Å². The van der Waals surface area contributed by atoms with Crippen molar-refractivity contribution in [2.24, 2.45) is 0 Å². The van der Waals surface area contributed by atoms with Gasteiger partial charge in [0.15, 0.2) is 0 Å². The molecule has 0 saturated heterocycles. The maximum absolute atomic E-state index is 12.2. The number of hydrogen-bond donors (Lipinski definition) is 0. The lowest BCUT2D eigenvalue weighted by Gasteiger charge is -2.12. The van der Waals surface area contributed by atoms with Gasteiger partial charge in [0, 0.05) is 36.7 Å². The summed E-state index contributed by atoms with van der Waals surface area (Å²) in [4.78, 5) is 0.198. The van der Waals surface area contributed by atoms with Gasteiger partial charge in [0.05, 0.1) is 16.3 Å². The highest BCUT2D eigenvalue weighted by molar-refractivity contribution is 7.89. The molecule has 0 saturated carbocycles. The molecule has 1 atom stereocenters. The first-order chi connectivity index (χ1) is 10.3. The summed E-state index contributed by atoms with van der Waals surface area (Å²) in [6.07, 6.45) is 0. The molecule has 0 amide bonds. The summed E-state index contributed by atoms with van der Waals surface area (Å²) in [7, 11) is -1.71. The summed E-state index contributed by atoms with van der Waals surface area (Å²) in [5.74, 6) is 1.22. The number of aryl methyl sites for hydroxylation is 1. The number of aromatic nitrogens is 1. The first-order valence-electron chi connectivity index (χ1n) is 6.57. The van der Waals surface area contributed by atoms with Crippen LogP contribution in [-0.2, 0) is 32.3 Å². The van der Waals surface area contributed by atoms with Crippen LogP contribution in [0.15, 0.2) is 39.8 Å². The van der Waals surface area contributed by atoms with E-state index in [9.17, 15) is 12.6 Å². The van der Waals surface area contributed by atoms with Crippen molar-refractivity contribution in [1.29, 1.82) is 0 Å². The third kappa shape index (κ3) is 4.02. The lowest BCUT2D eigenvalue weighted by molar-refractivity contribution is 0.392. The van der Waals surface area contributed by atoms with Gasteiger partial charge in [-0.3, -0.25) is 4.21 Å². The van der Waals surface area contributed by atoms with Crippen LogP contribution in [0.2, 0.25) is 0 Å². The Bertz CT molecular complexity index is 782. The Morgan fingerprint density at radius 2 is 1.95 bits per heavy atom. The first kappa shape index (κ1) is 16.9. The zero-order valence-corrected chi connectivity index (χ0v) is 14.3. The summed E-state index contributed by atoms with van der Waals surface area (Å²) < 4.78 is 42.4. The van der Waals surface area contributed by atoms with E-state index in [1.54, 1.807) is 31.2 Å². The van der Waals surface area contributed by atoms with Gasteiger partial charge in [0.25, 0.3) is 0 Å². The summed E-state index contributed by atoms with van der Waals surface area (Å²) in [6, 6.07) is 8.25. The maximum Gasteiger partial charge on any atom is 0.242 e. The van der Waals surface area contributed by atoms with E-state index in [4.69, 9.17) is 4.52 Å². The summed E-state index contributed by atoms with van der Waals surface area (Å²) in [5, 5.41) is 3.81. The Hall–Kier alpha value is -1.51. The minimum Gasteiger partial charge on any atom is -0.361 e. The molecule has 8 heteroatoms. The first-order valence-corrected chi connectivity index (χ1v) is 9.50. The van der Waals surface area contributed by atoms with Crippen molar-refractivity contribution in [2.75, 3.05) is 14.1 Å². The second kappa shape index (κ2) is 6.72. The van der Waals surface area contributed by atoms with Crippen LogP contribution in [0.3, 0.4) is 0 Å². The number of benzene rings is 1. The molecule has 0 fully saturated rings. The predicted molar refractivity (Wildman–Crippen MR) is 84.1 cm³/mol. The van der Waals surface area contributed by atoms with E-state index in [2.05, 4.69) is 5.16 Å². The molecule has 0 radical (unpaired) electrons. The fourth-order valence-electron chi connectivity index (χ4n) is 1.89. The second-order valence-electron chi connectivity index (χ2n) is 5.09. The molecule has 0 aliphatic heterocycles. The predicted octanol–water partition coefficient (Wildman–Crippen LogP) is 1.68. The van der Waals surface area contributed by atoms with Crippen LogP contribution in [0.5, 0.6) is 0 Å². The van der Waals surface area contributed by atoms with Gasteiger partial charge in [0.2, 0.25) is 10.0 Å². The SMILES string of the molecule is Cc1cc(C[S@](=O)Cc2cccc(S(=O)(=O)N(C)C)c2)no1. The van der Waals surface area contributed by atoms with E-state index in [0.717, 1.165) is 4.31 Å². The maximum atomic E-state index is 12.2. The van der Waals surface area contributed by atoms with Crippen LogP contribution in [0.25, 0.3) is 0 Å². The van der Waals surface area contributed by atoms with Crippen LogP contribution < -0.4 is 0 Å². The van der Waals surface area contributed by atoms with Crippen LogP contribution in [-0.4, -0.2) is 36.2 Å². The average Bonchev–Trinajstić information content (AvgIpc) is 2.84. The lowest BCUT2D eigenvalue weighted by Crippen LogP contribution is -2.22. The Labute approximate surface area is 132 Å². The lowest BCUT2D eigenvalue weighted by atomic mass is 10.2. The van der Waals surface area contributed by atoms with E-state index in [-0.39, 0.29) is 16.4 Å². The standard InChI is InChI=1S/C14H18N2O4S2/c1-11-7-13(15-20-11)10-21(17)9-12-5-4-6-14(8-12)22(18,19)16(2)3/h4-8H,9-10H2,1-3H3/t21-/m1/s1. The fraction of sp³-hybridized carbons (Fsp3) is 0.357. The highest BCUT2D eigenvalue weighted by Crippen LogP contribution is 2.17. The molecule has 120 valence electrons. The van der Waals surface area contributed by atoms with Crippen molar-refractivity contribution < 1.29 is 17.1 Å². The molecule has 1 aromatic carbocycles. The molecule has 0 aliphatic carbocycles. The Balaban J connectivity index is 2.12. The van der Waals surface area contributed by atoms with Crippen molar-refractivity contribution in [3.8, 4) is 0 Å². The van der Waals surface area contributed by atoms with Gasteiger partial charge in [-0.2, -0.15) is 0 Å². The van der Waals surface area contributed by atoms with Crippen molar-refractivity contribution in [3.05, 3.63) is 47.3 Å². The Morgan fingerprint density at radius 3 is 2.55 bits per heavy atom. The van der Waals surface area contributed by atoms with Crippen molar-refractivity contribution in [2.45, 2.75) is 23.3 Å². The van der Waals surface area contributed by atoms with Crippen LogP contribution in [0.1, 0.15) is 17.0 Å². The summed E-state index contributed by atoms with van der Waals surface area (Å²) in [6.45, 7) is 1.77. The van der Waals surface area contributed by atoms with E-state index in [1.807, 2.05) is 0 Å². The van der Waals surface area contributed by atoms with Gasteiger partial charge >= 0.3 is 0 Å². The molecule has 0 bridgehead atoms. The van der Waals surface area contributed by atoms with Gasteiger partial charge in [-0.05, 0) is 24.6 Å². The van der Waals surface area contributed by atoms with E-state index in [0.29, 0.717) is 17.0 Å². The largest absolute Gasteiger partial charge is 0.361 e. The quantitative estimate of drug-likeness (QED) is 0.798. The molecule has 0 aliphatic rings. The van der Waals surface area contributed by atoms with Crippen LogP contribution in [0, 0.1) is 6.92 Å². The van der Waals surface area contributed by atoms with Gasteiger partial charge in [-0.1, -0.05) is 17.3 Å². The number of sulfonamides is 1. The van der Waals surface area contributed by atoms with E-state index < -0.39 is 20.8 Å². The van der Waals surface area contributed by atoms with Gasteiger partial charge in [-0.25, -0.2) is 12.7 Å². The Morgan fingerprint density at radius 1 is 1.23 bits per heavy atom. The molecule has 1 heterocycles. The zero-order valence-electron chi connectivity index (χ0n) is 12.6. The van der Waals surface area contributed by atoms with E-state index >= 15 is 0 Å². The Kier molecular flexibility index (Phi) is 5.15. The monoisotopic (exact) mass is 342 g/mol. The van der Waals surface area contributed by atoms with Crippen LogP contribution >= 0.6 is 0 Å². The van der Waals surface area contributed by atoms with Crippen molar-refractivity contribution in [3.63, 3.8) is 0 Å². The normalized spacial score (nSPS) is 13.5. The third-order valence-electron chi connectivity index (χ3n) is 2.99. The highest BCUT2D eigenvalue weighted by Gasteiger charge is 2.17. The molecule has 2 rings (SSSR count). The molecular weight excluding hydrogens is 324 g/mol. The molecule has 0 unspecified atom stereocenters.